The number of hydrogen-bond acceptors (Lipinski definition) is 4. The third kappa shape index (κ3) is 3.56. The van der Waals surface area contributed by atoms with Gasteiger partial charge in [-0.3, -0.25) is 9.59 Å². The van der Waals surface area contributed by atoms with Crippen molar-refractivity contribution in [3.63, 3.8) is 0 Å². The standard InChI is InChI=1S/C16H15BrN2O4/c1-16(2,3)13(20)12-8-11(15(22)23)14(21)19(18-12)10-6-4-9(17)5-7-10/h4-8H,1-3H3,(H,22,23). The second kappa shape index (κ2) is 6.08. The number of carbonyl (C=O) groups excluding carboxylic acids is 1. The number of benzene rings is 1. The van der Waals surface area contributed by atoms with E-state index in [1.807, 2.05) is 0 Å². The van der Waals surface area contributed by atoms with Gasteiger partial charge in [0.15, 0.2) is 5.78 Å². The maximum atomic E-state index is 12.4. The summed E-state index contributed by atoms with van der Waals surface area (Å²) in [5, 5.41) is 13.3. The summed E-state index contributed by atoms with van der Waals surface area (Å²) in [5.74, 6) is -1.74. The molecule has 1 heterocycles. The van der Waals surface area contributed by atoms with Crippen LogP contribution in [0.25, 0.3) is 5.69 Å². The second-order valence-corrected chi connectivity index (χ2v) is 6.94. The van der Waals surface area contributed by atoms with Crippen LogP contribution in [0.15, 0.2) is 39.6 Å². The molecule has 120 valence electrons. The number of halogens is 1. The monoisotopic (exact) mass is 378 g/mol. The molecule has 0 atom stereocenters. The lowest BCUT2D eigenvalue weighted by atomic mass is 9.88. The molecule has 1 aromatic heterocycles. The van der Waals surface area contributed by atoms with Crippen LogP contribution in [0, 0.1) is 5.41 Å². The van der Waals surface area contributed by atoms with Gasteiger partial charge in [-0.25, -0.2) is 4.79 Å². The molecule has 0 fully saturated rings. The van der Waals surface area contributed by atoms with E-state index < -0.39 is 22.5 Å². The average molecular weight is 379 g/mol. The van der Waals surface area contributed by atoms with E-state index in [9.17, 15) is 19.5 Å². The zero-order valence-corrected chi connectivity index (χ0v) is 14.4. The van der Waals surface area contributed by atoms with Gasteiger partial charge in [0, 0.05) is 9.89 Å². The number of aromatic carboxylic acids is 1. The van der Waals surface area contributed by atoms with Gasteiger partial charge in [-0.1, -0.05) is 36.7 Å². The quantitative estimate of drug-likeness (QED) is 0.829. The summed E-state index contributed by atoms with van der Waals surface area (Å²) in [7, 11) is 0. The van der Waals surface area contributed by atoms with Crippen molar-refractivity contribution in [2.24, 2.45) is 5.41 Å². The number of hydrogen-bond donors (Lipinski definition) is 1. The van der Waals surface area contributed by atoms with Crippen LogP contribution < -0.4 is 5.56 Å². The Kier molecular flexibility index (Phi) is 4.51. The maximum Gasteiger partial charge on any atom is 0.341 e. The van der Waals surface area contributed by atoms with Crippen molar-refractivity contribution < 1.29 is 14.7 Å². The van der Waals surface area contributed by atoms with E-state index in [4.69, 9.17) is 0 Å². The fourth-order valence-electron chi connectivity index (χ4n) is 1.90. The molecule has 2 aromatic rings. The van der Waals surface area contributed by atoms with Crippen molar-refractivity contribution in [2.75, 3.05) is 0 Å². The Morgan fingerprint density at radius 3 is 2.22 bits per heavy atom. The number of nitrogens with zero attached hydrogens (tertiary/aromatic N) is 2. The first-order valence-corrected chi connectivity index (χ1v) is 7.59. The van der Waals surface area contributed by atoms with Crippen LogP contribution >= 0.6 is 15.9 Å². The fraction of sp³-hybridized carbons (Fsp3) is 0.250. The highest BCUT2D eigenvalue weighted by atomic mass is 79.9. The predicted molar refractivity (Wildman–Crippen MR) is 88.3 cm³/mol. The van der Waals surface area contributed by atoms with E-state index in [1.54, 1.807) is 45.0 Å². The molecular formula is C16H15BrN2O4. The number of Topliss-reactive ketones (excluding diaryl/α,β-unsaturated/α-hetero) is 1. The Bertz CT molecular complexity index is 833. The molecule has 0 amide bonds. The highest BCUT2D eigenvalue weighted by Crippen LogP contribution is 2.20. The van der Waals surface area contributed by atoms with Crippen molar-refractivity contribution in [1.82, 2.24) is 9.78 Å². The molecule has 0 radical (unpaired) electrons. The summed E-state index contributed by atoms with van der Waals surface area (Å²) < 4.78 is 1.74. The van der Waals surface area contributed by atoms with Gasteiger partial charge < -0.3 is 5.11 Å². The molecule has 7 heteroatoms. The zero-order valence-electron chi connectivity index (χ0n) is 12.8. The van der Waals surface area contributed by atoms with Gasteiger partial charge in [0.25, 0.3) is 5.56 Å². The molecule has 0 spiro atoms. The van der Waals surface area contributed by atoms with Gasteiger partial charge in [-0.15, -0.1) is 0 Å². The van der Waals surface area contributed by atoms with Crippen LogP contribution in [-0.2, 0) is 0 Å². The van der Waals surface area contributed by atoms with E-state index in [0.717, 1.165) is 15.2 Å². The lowest BCUT2D eigenvalue weighted by Crippen LogP contribution is -2.31. The minimum Gasteiger partial charge on any atom is -0.477 e. The Morgan fingerprint density at radius 2 is 1.74 bits per heavy atom. The number of carboxylic acids is 1. The normalized spacial score (nSPS) is 11.3. The molecule has 1 aromatic carbocycles. The first-order chi connectivity index (χ1) is 10.6. The van der Waals surface area contributed by atoms with Crippen molar-refractivity contribution >= 4 is 27.7 Å². The number of aromatic nitrogens is 2. The molecule has 0 unspecified atom stereocenters. The Labute approximate surface area is 140 Å². The number of carbonyl (C=O) groups is 2. The maximum absolute atomic E-state index is 12.4. The molecule has 0 bridgehead atoms. The summed E-state index contributed by atoms with van der Waals surface area (Å²) in [5.41, 5.74) is -1.70. The van der Waals surface area contributed by atoms with Crippen molar-refractivity contribution in [2.45, 2.75) is 20.8 Å². The highest BCUT2D eigenvalue weighted by molar-refractivity contribution is 9.10. The first-order valence-electron chi connectivity index (χ1n) is 6.79. The van der Waals surface area contributed by atoms with Crippen LogP contribution in [0.5, 0.6) is 0 Å². The van der Waals surface area contributed by atoms with Gasteiger partial charge in [0.2, 0.25) is 0 Å². The Balaban J connectivity index is 2.73. The van der Waals surface area contributed by atoms with Gasteiger partial charge in [-0.2, -0.15) is 9.78 Å². The summed E-state index contributed by atoms with van der Waals surface area (Å²) in [6, 6.07) is 7.64. The minimum atomic E-state index is -1.40. The van der Waals surface area contributed by atoms with Crippen LogP contribution in [-0.4, -0.2) is 26.6 Å². The average Bonchev–Trinajstić information content (AvgIpc) is 2.46. The minimum absolute atomic E-state index is 0.0579. The topological polar surface area (TPSA) is 89.3 Å². The van der Waals surface area contributed by atoms with Gasteiger partial charge >= 0.3 is 5.97 Å². The predicted octanol–water partition coefficient (Wildman–Crippen LogP) is 2.92. The van der Waals surface area contributed by atoms with Gasteiger partial charge in [0.05, 0.1) is 5.69 Å². The van der Waals surface area contributed by atoms with Crippen molar-refractivity contribution in [3.8, 4) is 5.69 Å². The Morgan fingerprint density at radius 1 is 1.17 bits per heavy atom. The summed E-state index contributed by atoms with van der Waals surface area (Å²) in [6.45, 7) is 5.10. The van der Waals surface area contributed by atoms with Gasteiger partial charge in [0.1, 0.15) is 11.3 Å². The van der Waals surface area contributed by atoms with Crippen molar-refractivity contribution in [3.05, 3.63) is 56.4 Å². The Hall–Kier alpha value is -2.28. The molecule has 0 saturated heterocycles. The van der Waals surface area contributed by atoms with Crippen LogP contribution in [0.4, 0.5) is 0 Å². The van der Waals surface area contributed by atoms with E-state index in [0.29, 0.717) is 5.69 Å². The molecule has 23 heavy (non-hydrogen) atoms. The highest BCUT2D eigenvalue weighted by Gasteiger charge is 2.27. The molecule has 0 aliphatic heterocycles. The molecule has 2 rings (SSSR count). The summed E-state index contributed by atoms with van der Waals surface area (Å²) in [6.07, 6.45) is 0. The molecule has 1 N–H and O–H groups in total. The van der Waals surface area contributed by atoms with Crippen molar-refractivity contribution in [1.29, 1.82) is 0 Å². The zero-order chi connectivity index (χ0) is 17.4. The smallest absolute Gasteiger partial charge is 0.341 e. The summed E-state index contributed by atoms with van der Waals surface area (Å²) >= 11 is 3.28. The largest absolute Gasteiger partial charge is 0.477 e. The lowest BCUT2D eigenvalue weighted by molar-refractivity contribution is 0.0694. The van der Waals surface area contributed by atoms with Crippen LogP contribution in [0.3, 0.4) is 0 Å². The SMILES string of the molecule is CC(C)(C)C(=O)c1cc(C(=O)O)c(=O)n(-c2ccc(Br)cc2)n1. The third-order valence-electron chi connectivity index (χ3n) is 3.13. The molecule has 0 aliphatic carbocycles. The lowest BCUT2D eigenvalue weighted by Gasteiger charge is -2.17. The van der Waals surface area contributed by atoms with E-state index in [1.165, 1.54) is 0 Å². The second-order valence-electron chi connectivity index (χ2n) is 6.02. The summed E-state index contributed by atoms with van der Waals surface area (Å²) in [4.78, 5) is 36.1. The van der Waals surface area contributed by atoms with E-state index in [2.05, 4.69) is 21.0 Å². The van der Waals surface area contributed by atoms with Gasteiger partial charge in [-0.05, 0) is 30.3 Å². The molecule has 0 saturated carbocycles. The first kappa shape index (κ1) is 17.1. The van der Waals surface area contributed by atoms with Crippen LogP contribution in [0.2, 0.25) is 0 Å². The fourth-order valence-corrected chi connectivity index (χ4v) is 2.16. The molecule has 6 nitrogen and oxygen atoms in total. The van der Waals surface area contributed by atoms with E-state index in [-0.39, 0.29) is 11.5 Å². The molecular weight excluding hydrogens is 364 g/mol. The third-order valence-corrected chi connectivity index (χ3v) is 3.66. The number of ketones is 1. The van der Waals surface area contributed by atoms with E-state index >= 15 is 0 Å². The van der Waals surface area contributed by atoms with Crippen LogP contribution in [0.1, 0.15) is 41.6 Å². The number of rotatable bonds is 3. The number of carboxylic acid groups (broad SMARTS) is 1. The molecule has 0 aliphatic rings.